The molecule has 0 bridgehead atoms. The number of ether oxygens (including phenoxy) is 2. The van der Waals surface area contributed by atoms with Crippen LogP contribution in [-0.2, 0) is 14.3 Å². The summed E-state index contributed by atoms with van der Waals surface area (Å²) >= 11 is 1.47. The molecule has 0 unspecified atom stereocenters. The minimum absolute atomic E-state index is 0.0813. The average molecular weight is 313 g/mol. The summed E-state index contributed by atoms with van der Waals surface area (Å²) in [6.45, 7) is 8.96. The van der Waals surface area contributed by atoms with Crippen molar-refractivity contribution in [1.29, 1.82) is 0 Å². The van der Waals surface area contributed by atoms with E-state index in [9.17, 15) is 9.59 Å². The fourth-order valence-electron chi connectivity index (χ4n) is 1.64. The van der Waals surface area contributed by atoms with Crippen molar-refractivity contribution in [2.75, 3.05) is 0 Å². The number of rotatable bonds is 5. The molecule has 1 N–H and O–H groups in total. The van der Waals surface area contributed by atoms with Crippen LogP contribution in [0.5, 0.6) is 0 Å². The maximum atomic E-state index is 11.9. The zero-order valence-electron chi connectivity index (χ0n) is 13.1. The molecule has 6 heteroatoms. The van der Waals surface area contributed by atoms with Gasteiger partial charge >= 0.3 is 12.1 Å². The lowest BCUT2D eigenvalue weighted by Gasteiger charge is -2.23. The fraction of sp³-hybridized carbons (Fsp3) is 0.600. The van der Waals surface area contributed by atoms with E-state index in [4.69, 9.17) is 9.47 Å². The number of carbonyl (C=O) groups excluding carboxylic acids is 2. The van der Waals surface area contributed by atoms with Crippen molar-refractivity contribution in [2.24, 2.45) is 0 Å². The summed E-state index contributed by atoms with van der Waals surface area (Å²) in [5.74, 6) is -0.348. The van der Waals surface area contributed by atoms with Gasteiger partial charge in [0.15, 0.2) is 0 Å². The topological polar surface area (TPSA) is 64.6 Å². The molecule has 0 saturated carbocycles. The van der Waals surface area contributed by atoms with E-state index < -0.39 is 17.7 Å². The predicted molar refractivity (Wildman–Crippen MR) is 82.3 cm³/mol. The second-order valence-corrected chi connectivity index (χ2v) is 6.94. The van der Waals surface area contributed by atoms with Crippen molar-refractivity contribution >= 4 is 23.4 Å². The summed E-state index contributed by atoms with van der Waals surface area (Å²) in [4.78, 5) is 24.6. The van der Waals surface area contributed by atoms with E-state index >= 15 is 0 Å². The maximum Gasteiger partial charge on any atom is 0.408 e. The molecule has 1 aromatic rings. The van der Waals surface area contributed by atoms with Gasteiger partial charge in [-0.3, -0.25) is 4.79 Å². The van der Waals surface area contributed by atoms with Gasteiger partial charge in [0, 0.05) is 4.88 Å². The van der Waals surface area contributed by atoms with Crippen LogP contribution in [0.2, 0.25) is 0 Å². The zero-order valence-corrected chi connectivity index (χ0v) is 14.0. The van der Waals surface area contributed by atoms with Crippen LogP contribution < -0.4 is 5.32 Å². The molecular weight excluding hydrogens is 290 g/mol. The molecule has 21 heavy (non-hydrogen) atoms. The highest BCUT2D eigenvalue weighted by Gasteiger charge is 2.24. The molecule has 0 aliphatic carbocycles. The Kier molecular flexibility index (Phi) is 6.20. The van der Waals surface area contributed by atoms with Crippen LogP contribution in [0.3, 0.4) is 0 Å². The third-order valence-corrected chi connectivity index (χ3v) is 3.30. The fourth-order valence-corrected chi connectivity index (χ4v) is 2.42. The molecular formula is C15H23NO4S. The van der Waals surface area contributed by atoms with Gasteiger partial charge in [0.1, 0.15) is 5.60 Å². The molecule has 0 fully saturated rings. The van der Waals surface area contributed by atoms with E-state index in [2.05, 4.69) is 5.32 Å². The van der Waals surface area contributed by atoms with Crippen LogP contribution in [-0.4, -0.2) is 23.8 Å². The summed E-state index contributed by atoms with van der Waals surface area (Å²) in [5, 5.41) is 4.62. The Morgan fingerprint density at radius 1 is 1.33 bits per heavy atom. The number of nitrogens with one attached hydrogen (secondary N) is 1. The summed E-state index contributed by atoms with van der Waals surface area (Å²) in [7, 11) is 0. The van der Waals surface area contributed by atoms with E-state index in [1.807, 2.05) is 17.5 Å². The molecule has 0 aliphatic heterocycles. The molecule has 0 aliphatic rings. The van der Waals surface area contributed by atoms with Gasteiger partial charge in [-0.05, 0) is 46.1 Å². The zero-order chi connectivity index (χ0) is 16.0. The van der Waals surface area contributed by atoms with Crippen LogP contribution in [0.15, 0.2) is 17.5 Å². The lowest BCUT2D eigenvalue weighted by atomic mass is 10.1. The third kappa shape index (κ3) is 7.13. The standard InChI is InChI=1S/C15H23NO4S/c1-10(2)19-13(17)9-11(12-7-6-8-21-12)16-14(18)20-15(3,4)5/h6-8,10-11H,9H2,1-5H3,(H,16,18)/t11-/m1/s1. The molecule has 0 saturated heterocycles. The van der Waals surface area contributed by atoms with E-state index in [-0.39, 0.29) is 18.5 Å². The molecule has 0 spiro atoms. The van der Waals surface area contributed by atoms with Crippen molar-refractivity contribution in [3.8, 4) is 0 Å². The minimum Gasteiger partial charge on any atom is -0.463 e. The SMILES string of the molecule is CC(C)OC(=O)C[C@@H](NC(=O)OC(C)(C)C)c1cccs1. The third-order valence-electron chi connectivity index (χ3n) is 2.32. The number of hydrogen-bond donors (Lipinski definition) is 1. The molecule has 1 atom stereocenters. The largest absolute Gasteiger partial charge is 0.463 e. The van der Waals surface area contributed by atoms with Gasteiger partial charge in [0.05, 0.1) is 18.6 Å². The number of hydrogen-bond acceptors (Lipinski definition) is 5. The minimum atomic E-state index is -0.581. The van der Waals surface area contributed by atoms with Crippen LogP contribution in [0, 0.1) is 0 Å². The first kappa shape index (κ1) is 17.5. The highest BCUT2D eigenvalue weighted by atomic mass is 32.1. The Morgan fingerprint density at radius 2 is 2.00 bits per heavy atom. The highest BCUT2D eigenvalue weighted by molar-refractivity contribution is 7.10. The van der Waals surface area contributed by atoms with Crippen LogP contribution in [0.4, 0.5) is 4.79 Å². The predicted octanol–water partition coefficient (Wildman–Crippen LogP) is 3.66. The lowest BCUT2D eigenvalue weighted by Crippen LogP contribution is -2.35. The number of esters is 1. The number of alkyl carbamates (subject to hydrolysis) is 1. The smallest absolute Gasteiger partial charge is 0.408 e. The first-order valence-electron chi connectivity index (χ1n) is 6.90. The van der Waals surface area contributed by atoms with Crippen LogP contribution >= 0.6 is 11.3 Å². The maximum absolute atomic E-state index is 11.9. The molecule has 0 radical (unpaired) electrons. The Balaban J connectivity index is 2.70. The van der Waals surface area contributed by atoms with Gasteiger partial charge in [-0.25, -0.2) is 4.79 Å². The monoisotopic (exact) mass is 313 g/mol. The van der Waals surface area contributed by atoms with Gasteiger partial charge in [0.2, 0.25) is 0 Å². The Hall–Kier alpha value is -1.56. The van der Waals surface area contributed by atoms with Gasteiger partial charge in [-0.15, -0.1) is 11.3 Å². The molecule has 118 valence electrons. The summed E-state index contributed by atoms with van der Waals surface area (Å²) in [5.41, 5.74) is -0.581. The second-order valence-electron chi connectivity index (χ2n) is 5.96. The van der Waals surface area contributed by atoms with E-state index in [1.54, 1.807) is 34.6 Å². The van der Waals surface area contributed by atoms with Crippen molar-refractivity contribution in [1.82, 2.24) is 5.32 Å². The van der Waals surface area contributed by atoms with E-state index in [1.165, 1.54) is 11.3 Å². The Bertz CT molecular complexity index is 463. The van der Waals surface area contributed by atoms with Gasteiger partial charge in [-0.1, -0.05) is 6.07 Å². The van der Waals surface area contributed by atoms with Crippen molar-refractivity contribution in [3.05, 3.63) is 22.4 Å². The molecule has 5 nitrogen and oxygen atoms in total. The first-order chi connectivity index (χ1) is 9.67. The summed E-state index contributed by atoms with van der Waals surface area (Å²) in [6.07, 6.45) is -0.640. The summed E-state index contributed by atoms with van der Waals surface area (Å²) in [6, 6.07) is 3.30. The van der Waals surface area contributed by atoms with Gasteiger partial charge in [0.25, 0.3) is 0 Å². The van der Waals surface area contributed by atoms with Crippen LogP contribution in [0.25, 0.3) is 0 Å². The lowest BCUT2D eigenvalue weighted by molar-refractivity contribution is -0.147. The molecule has 1 heterocycles. The molecule has 1 amide bonds. The number of thiophene rings is 1. The number of amides is 1. The highest BCUT2D eigenvalue weighted by Crippen LogP contribution is 2.23. The van der Waals surface area contributed by atoms with Gasteiger partial charge < -0.3 is 14.8 Å². The Labute approximate surface area is 129 Å². The Morgan fingerprint density at radius 3 is 2.48 bits per heavy atom. The quantitative estimate of drug-likeness (QED) is 0.843. The normalized spacial score (nSPS) is 12.9. The molecule has 1 aromatic heterocycles. The van der Waals surface area contributed by atoms with Crippen molar-refractivity contribution in [3.63, 3.8) is 0 Å². The molecule has 1 rings (SSSR count). The van der Waals surface area contributed by atoms with Gasteiger partial charge in [-0.2, -0.15) is 0 Å². The second kappa shape index (κ2) is 7.45. The van der Waals surface area contributed by atoms with E-state index in [0.717, 1.165) is 4.88 Å². The van der Waals surface area contributed by atoms with Crippen LogP contribution in [0.1, 0.15) is 52.0 Å². The van der Waals surface area contributed by atoms with Crippen molar-refractivity contribution in [2.45, 2.75) is 58.8 Å². The van der Waals surface area contributed by atoms with Crippen molar-refractivity contribution < 1.29 is 19.1 Å². The van der Waals surface area contributed by atoms with E-state index in [0.29, 0.717) is 0 Å². The number of carbonyl (C=O) groups is 2. The summed E-state index contributed by atoms with van der Waals surface area (Å²) < 4.78 is 10.4. The average Bonchev–Trinajstić information content (AvgIpc) is 2.76. The molecule has 0 aromatic carbocycles. The first-order valence-corrected chi connectivity index (χ1v) is 7.77.